The highest BCUT2D eigenvalue weighted by Crippen LogP contribution is 2.23. The van der Waals surface area contributed by atoms with Crippen LogP contribution in [0.3, 0.4) is 0 Å². The molecule has 2 heterocycles. The second-order valence-corrected chi connectivity index (χ2v) is 4.40. The molecule has 0 bridgehead atoms. The molecule has 0 aliphatic heterocycles. The van der Waals surface area contributed by atoms with E-state index in [0.29, 0.717) is 0 Å². The van der Waals surface area contributed by atoms with Crippen molar-refractivity contribution in [2.24, 2.45) is 0 Å². The smallest absolute Gasteiger partial charge is 0.0511 e. The van der Waals surface area contributed by atoms with Crippen LogP contribution in [0, 0.1) is 0 Å². The van der Waals surface area contributed by atoms with Crippen LogP contribution in [0.1, 0.15) is 16.5 Å². The molecule has 78 valence electrons. The SMILES string of the molecule is OCC(Cc1ccccn1)c1cccs1. The van der Waals surface area contributed by atoms with E-state index in [1.807, 2.05) is 29.6 Å². The van der Waals surface area contributed by atoms with E-state index >= 15 is 0 Å². The molecule has 2 rings (SSSR count). The van der Waals surface area contributed by atoms with Crippen molar-refractivity contribution in [1.29, 1.82) is 0 Å². The Morgan fingerprint density at radius 3 is 2.80 bits per heavy atom. The monoisotopic (exact) mass is 219 g/mol. The molecule has 0 spiro atoms. The zero-order chi connectivity index (χ0) is 10.5. The molecule has 2 aromatic heterocycles. The maximum absolute atomic E-state index is 9.34. The zero-order valence-electron chi connectivity index (χ0n) is 8.34. The van der Waals surface area contributed by atoms with Crippen molar-refractivity contribution < 1.29 is 5.11 Å². The second kappa shape index (κ2) is 5.05. The van der Waals surface area contributed by atoms with E-state index in [1.165, 1.54) is 4.88 Å². The fraction of sp³-hybridized carbons (Fsp3) is 0.250. The molecule has 2 aromatic rings. The summed E-state index contributed by atoms with van der Waals surface area (Å²) in [6.45, 7) is 0.178. The Bertz CT molecular complexity index is 385. The number of thiophene rings is 1. The molecular formula is C12H13NOS. The summed E-state index contributed by atoms with van der Waals surface area (Å²) in [5.41, 5.74) is 1.03. The van der Waals surface area contributed by atoms with E-state index in [4.69, 9.17) is 0 Å². The molecule has 15 heavy (non-hydrogen) atoms. The van der Waals surface area contributed by atoms with Gasteiger partial charge in [0, 0.05) is 22.7 Å². The fourth-order valence-corrected chi connectivity index (χ4v) is 2.37. The van der Waals surface area contributed by atoms with Gasteiger partial charge in [0.1, 0.15) is 0 Å². The van der Waals surface area contributed by atoms with Crippen molar-refractivity contribution in [2.45, 2.75) is 12.3 Å². The number of pyridine rings is 1. The molecule has 1 N–H and O–H groups in total. The lowest BCUT2D eigenvalue weighted by Gasteiger charge is -2.11. The Hall–Kier alpha value is -1.19. The van der Waals surface area contributed by atoms with Gasteiger partial charge in [-0.2, -0.15) is 0 Å². The van der Waals surface area contributed by atoms with Crippen LogP contribution in [0.15, 0.2) is 41.9 Å². The van der Waals surface area contributed by atoms with Crippen molar-refractivity contribution in [3.05, 3.63) is 52.5 Å². The topological polar surface area (TPSA) is 33.1 Å². The van der Waals surface area contributed by atoms with Crippen LogP contribution in [0.4, 0.5) is 0 Å². The van der Waals surface area contributed by atoms with E-state index in [2.05, 4.69) is 11.1 Å². The first kappa shape index (κ1) is 10.3. The van der Waals surface area contributed by atoms with E-state index in [1.54, 1.807) is 17.5 Å². The lowest BCUT2D eigenvalue weighted by molar-refractivity contribution is 0.265. The van der Waals surface area contributed by atoms with Crippen LogP contribution in [0.2, 0.25) is 0 Å². The predicted octanol–water partition coefficient (Wildman–Crippen LogP) is 2.46. The number of aromatic nitrogens is 1. The minimum Gasteiger partial charge on any atom is -0.396 e. The van der Waals surface area contributed by atoms with Gasteiger partial charge < -0.3 is 5.11 Å². The zero-order valence-corrected chi connectivity index (χ0v) is 9.15. The molecule has 3 heteroatoms. The maximum Gasteiger partial charge on any atom is 0.0511 e. The molecule has 1 unspecified atom stereocenters. The molecule has 0 radical (unpaired) electrons. The summed E-state index contributed by atoms with van der Waals surface area (Å²) in [6, 6.07) is 9.96. The lowest BCUT2D eigenvalue weighted by atomic mass is 10.0. The predicted molar refractivity (Wildman–Crippen MR) is 62.1 cm³/mol. The summed E-state index contributed by atoms with van der Waals surface area (Å²) in [7, 11) is 0. The summed E-state index contributed by atoms with van der Waals surface area (Å²) in [6.07, 6.45) is 2.59. The van der Waals surface area contributed by atoms with Gasteiger partial charge in [-0.25, -0.2) is 0 Å². The molecule has 0 amide bonds. The van der Waals surface area contributed by atoms with Crippen LogP contribution in [-0.2, 0) is 6.42 Å². The van der Waals surface area contributed by atoms with Crippen LogP contribution in [-0.4, -0.2) is 16.7 Å². The Kier molecular flexibility index (Phi) is 3.48. The first-order valence-corrected chi connectivity index (χ1v) is 5.82. The third kappa shape index (κ3) is 2.64. The van der Waals surface area contributed by atoms with Crippen molar-refractivity contribution in [2.75, 3.05) is 6.61 Å². The van der Waals surface area contributed by atoms with Crippen LogP contribution in [0.25, 0.3) is 0 Å². The first-order chi connectivity index (χ1) is 7.40. The summed E-state index contributed by atoms with van der Waals surface area (Å²) in [5.74, 6) is 0.180. The van der Waals surface area contributed by atoms with E-state index in [-0.39, 0.29) is 12.5 Å². The number of aliphatic hydroxyl groups is 1. The standard InChI is InChI=1S/C12H13NOS/c14-9-10(12-5-3-7-15-12)8-11-4-1-2-6-13-11/h1-7,10,14H,8-9H2. The summed E-state index contributed by atoms with van der Waals surface area (Å²) < 4.78 is 0. The molecule has 0 saturated carbocycles. The Labute approximate surface area is 93.2 Å². The van der Waals surface area contributed by atoms with Gasteiger partial charge in [-0.3, -0.25) is 4.98 Å². The van der Waals surface area contributed by atoms with Gasteiger partial charge in [-0.05, 0) is 30.0 Å². The lowest BCUT2D eigenvalue weighted by Crippen LogP contribution is -2.06. The summed E-state index contributed by atoms with van der Waals surface area (Å²) in [4.78, 5) is 5.50. The van der Waals surface area contributed by atoms with Crippen molar-refractivity contribution in [3.8, 4) is 0 Å². The van der Waals surface area contributed by atoms with Gasteiger partial charge in [0.05, 0.1) is 6.61 Å². The van der Waals surface area contributed by atoms with E-state index in [9.17, 15) is 5.11 Å². The number of aliphatic hydroxyl groups excluding tert-OH is 1. The second-order valence-electron chi connectivity index (χ2n) is 3.42. The average Bonchev–Trinajstić information content (AvgIpc) is 2.81. The van der Waals surface area contributed by atoms with Crippen LogP contribution in [0.5, 0.6) is 0 Å². The molecule has 0 aromatic carbocycles. The third-order valence-electron chi connectivity index (χ3n) is 2.35. The molecular weight excluding hydrogens is 206 g/mol. The van der Waals surface area contributed by atoms with Crippen LogP contribution < -0.4 is 0 Å². The van der Waals surface area contributed by atoms with E-state index in [0.717, 1.165) is 12.1 Å². The van der Waals surface area contributed by atoms with Gasteiger partial charge in [-0.1, -0.05) is 12.1 Å². The van der Waals surface area contributed by atoms with Crippen molar-refractivity contribution in [3.63, 3.8) is 0 Å². The minimum atomic E-state index is 0.178. The maximum atomic E-state index is 9.34. The van der Waals surface area contributed by atoms with Gasteiger partial charge in [-0.15, -0.1) is 11.3 Å². The Morgan fingerprint density at radius 2 is 2.20 bits per heavy atom. The number of hydrogen-bond acceptors (Lipinski definition) is 3. The highest BCUT2D eigenvalue weighted by Gasteiger charge is 2.12. The molecule has 0 fully saturated rings. The molecule has 1 atom stereocenters. The van der Waals surface area contributed by atoms with Gasteiger partial charge in [0.2, 0.25) is 0 Å². The molecule has 0 aliphatic carbocycles. The molecule has 2 nitrogen and oxygen atoms in total. The largest absolute Gasteiger partial charge is 0.396 e. The summed E-state index contributed by atoms with van der Waals surface area (Å²) in [5, 5.41) is 11.4. The quantitative estimate of drug-likeness (QED) is 0.857. The Morgan fingerprint density at radius 1 is 1.27 bits per heavy atom. The van der Waals surface area contributed by atoms with Crippen LogP contribution >= 0.6 is 11.3 Å². The van der Waals surface area contributed by atoms with Gasteiger partial charge in [0.25, 0.3) is 0 Å². The number of rotatable bonds is 4. The average molecular weight is 219 g/mol. The Balaban J connectivity index is 2.10. The first-order valence-electron chi connectivity index (χ1n) is 4.94. The minimum absolute atomic E-state index is 0.178. The van der Waals surface area contributed by atoms with Crippen molar-refractivity contribution >= 4 is 11.3 Å². The van der Waals surface area contributed by atoms with Crippen molar-refractivity contribution in [1.82, 2.24) is 4.98 Å². The molecule has 0 aliphatic rings. The van der Waals surface area contributed by atoms with Gasteiger partial charge >= 0.3 is 0 Å². The normalized spacial score (nSPS) is 12.6. The van der Waals surface area contributed by atoms with E-state index < -0.39 is 0 Å². The third-order valence-corrected chi connectivity index (χ3v) is 3.38. The molecule has 0 saturated heterocycles. The number of hydrogen-bond donors (Lipinski definition) is 1. The van der Waals surface area contributed by atoms with Gasteiger partial charge in [0.15, 0.2) is 0 Å². The number of nitrogens with zero attached hydrogens (tertiary/aromatic N) is 1. The highest BCUT2D eigenvalue weighted by molar-refractivity contribution is 7.10. The summed E-state index contributed by atoms with van der Waals surface area (Å²) >= 11 is 1.69. The highest BCUT2D eigenvalue weighted by atomic mass is 32.1. The fourth-order valence-electron chi connectivity index (χ4n) is 1.55.